The number of carboxylic acid groups (broad SMARTS) is 1. The highest BCUT2D eigenvalue weighted by Crippen LogP contribution is 2.25. The van der Waals surface area contributed by atoms with Gasteiger partial charge in [-0.1, -0.05) is 18.2 Å². The van der Waals surface area contributed by atoms with Crippen LogP contribution in [0.1, 0.15) is 31.2 Å². The number of aliphatic carboxylic acids is 1. The van der Waals surface area contributed by atoms with E-state index in [2.05, 4.69) is 10.4 Å². The van der Waals surface area contributed by atoms with E-state index in [1.54, 1.807) is 10.9 Å². The van der Waals surface area contributed by atoms with Gasteiger partial charge in [0.25, 0.3) is 0 Å². The van der Waals surface area contributed by atoms with Crippen LogP contribution < -0.4 is 5.32 Å². The molecule has 0 spiro atoms. The Balaban J connectivity index is 1.56. The van der Waals surface area contributed by atoms with Crippen molar-refractivity contribution >= 4 is 11.9 Å². The molecule has 1 amide bonds. The summed E-state index contributed by atoms with van der Waals surface area (Å²) in [7, 11) is 0. The lowest BCUT2D eigenvalue weighted by Crippen LogP contribution is -2.53. The van der Waals surface area contributed by atoms with E-state index in [0.717, 1.165) is 11.3 Å². The summed E-state index contributed by atoms with van der Waals surface area (Å²) >= 11 is 0. The van der Waals surface area contributed by atoms with E-state index in [0.29, 0.717) is 38.9 Å². The first-order chi connectivity index (χ1) is 12.6. The van der Waals surface area contributed by atoms with Crippen molar-refractivity contribution in [1.82, 2.24) is 15.1 Å². The Hall–Kier alpha value is -2.67. The van der Waals surface area contributed by atoms with Gasteiger partial charge in [-0.25, -0.2) is 4.68 Å². The zero-order valence-corrected chi connectivity index (χ0v) is 14.6. The smallest absolute Gasteiger partial charge is 0.305 e. The number of aryl methyl sites for hydroxylation is 1. The number of carbonyl (C=O) groups is 2. The molecule has 7 nitrogen and oxygen atoms in total. The van der Waals surface area contributed by atoms with Gasteiger partial charge in [0.2, 0.25) is 5.91 Å². The third-order valence-electron chi connectivity index (χ3n) is 4.64. The fourth-order valence-corrected chi connectivity index (χ4v) is 3.22. The van der Waals surface area contributed by atoms with E-state index in [1.165, 1.54) is 0 Å². The number of hydrogen-bond donors (Lipinski definition) is 2. The molecule has 0 unspecified atom stereocenters. The number of amides is 1. The Morgan fingerprint density at radius 1 is 1.23 bits per heavy atom. The standard InChI is InChI=1S/C19H23N3O4/c23-17(21-19(12-18(24)25)8-10-26-11-9-19)7-6-15-13-20-22(14-15)16-4-2-1-3-5-16/h1-5,13-14H,6-12H2,(H,21,23)(H,24,25). The first kappa shape index (κ1) is 18.1. The van der Waals surface area contributed by atoms with Gasteiger partial charge in [-0.3, -0.25) is 9.59 Å². The summed E-state index contributed by atoms with van der Waals surface area (Å²) in [5.74, 6) is -1.04. The van der Waals surface area contributed by atoms with Crippen LogP contribution in [0.25, 0.3) is 5.69 Å². The van der Waals surface area contributed by atoms with Crippen LogP contribution in [-0.4, -0.2) is 45.5 Å². The molecule has 0 aliphatic carbocycles. The fraction of sp³-hybridized carbons (Fsp3) is 0.421. The molecule has 0 radical (unpaired) electrons. The zero-order chi connectivity index (χ0) is 18.4. The number of benzene rings is 1. The van der Waals surface area contributed by atoms with Gasteiger partial charge in [-0.2, -0.15) is 5.10 Å². The van der Waals surface area contributed by atoms with Crippen LogP contribution in [0.4, 0.5) is 0 Å². The van der Waals surface area contributed by atoms with Crippen molar-refractivity contribution in [2.45, 2.75) is 37.6 Å². The molecule has 138 valence electrons. The molecule has 1 aliphatic rings. The molecule has 1 saturated heterocycles. The summed E-state index contributed by atoms with van der Waals surface area (Å²) < 4.78 is 7.08. The molecule has 7 heteroatoms. The normalized spacial score (nSPS) is 16.2. The minimum atomic E-state index is -0.906. The number of carbonyl (C=O) groups excluding carboxylic acids is 1. The van der Waals surface area contributed by atoms with Crippen molar-refractivity contribution in [2.75, 3.05) is 13.2 Å². The minimum Gasteiger partial charge on any atom is -0.481 e. The van der Waals surface area contributed by atoms with Gasteiger partial charge in [0.15, 0.2) is 0 Å². The molecular formula is C19H23N3O4. The van der Waals surface area contributed by atoms with E-state index in [1.807, 2.05) is 36.5 Å². The number of hydrogen-bond acceptors (Lipinski definition) is 4. The van der Waals surface area contributed by atoms with Gasteiger partial charge < -0.3 is 15.2 Å². The molecule has 1 fully saturated rings. The SMILES string of the molecule is O=C(O)CC1(NC(=O)CCc2cnn(-c3ccccc3)c2)CCOCC1. The Labute approximate surface area is 152 Å². The van der Waals surface area contributed by atoms with E-state index in [9.17, 15) is 9.59 Å². The monoisotopic (exact) mass is 357 g/mol. The van der Waals surface area contributed by atoms with Crippen LogP contribution in [-0.2, 0) is 20.7 Å². The Bertz CT molecular complexity index is 751. The van der Waals surface area contributed by atoms with Crippen LogP contribution >= 0.6 is 0 Å². The minimum absolute atomic E-state index is 0.0754. The summed E-state index contributed by atoms with van der Waals surface area (Å²) in [6.07, 6.45) is 5.48. The van der Waals surface area contributed by atoms with Crippen molar-refractivity contribution in [2.24, 2.45) is 0 Å². The molecule has 2 N–H and O–H groups in total. The van der Waals surface area contributed by atoms with Crippen molar-refractivity contribution in [1.29, 1.82) is 0 Å². The summed E-state index contributed by atoms with van der Waals surface area (Å²) in [5.41, 5.74) is 1.23. The van der Waals surface area contributed by atoms with Crippen LogP contribution in [0.15, 0.2) is 42.7 Å². The van der Waals surface area contributed by atoms with Gasteiger partial charge >= 0.3 is 5.97 Å². The largest absolute Gasteiger partial charge is 0.481 e. The lowest BCUT2D eigenvalue weighted by molar-refractivity contribution is -0.140. The van der Waals surface area contributed by atoms with Crippen LogP contribution in [0.3, 0.4) is 0 Å². The molecule has 1 aromatic heterocycles. The topological polar surface area (TPSA) is 93.5 Å². The van der Waals surface area contributed by atoms with Gasteiger partial charge in [-0.15, -0.1) is 0 Å². The Kier molecular flexibility index (Phi) is 5.68. The van der Waals surface area contributed by atoms with E-state index in [4.69, 9.17) is 9.84 Å². The highest BCUT2D eigenvalue weighted by atomic mass is 16.5. The number of ether oxygens (including phenoxy) is 1. The maximum absolute atomic E-state index is 12.4. The van der Waals surface area contributed by atoms with Gasteiger partial charge in [0.1, 0.15) is 0 Å². The average Bonchev–Trinajstić information content (AvgIpc) is 3.10. The Morgan fingerprint density at radius 2 is 1.96 bits per heavy atom. The van der Waals surface area contributed by atoms with Crippen LogP contribution in [0.2, 0.25) is 0 Å². The van der Waals surface area contributed by atoms with Gasteiger partial charge in [0, 0.05) is 25.8 Å². The lowest BCUT2D eigenvalue weighted by Gasteiger charge is -2.36. The second kappa shape index (κ2) is 8.14. The predicted octanol–water partition coefficient (Wildman–Crippen LogP) is 1.94. The molecule has 2 aromatic rings. The quantitative estimate of drug-likeness (QED) is 0.790. The van der Waals surface area contributed by atoms with Crippen LogP contribution in [0.5, 0.6) is 0 Å². The Morgan fingerprint density at radius 3 is 2.65 bits per heavy atom. The maximum Gasteiger partial charge on any atom is 0.305 e. The molecular weight excluding hydrogens is 334 g/mol. The van der Waals surface area contributed by atoms with Gasteiger partial charge in [0.05, 0.1) is 23.8 Å². The lowest BCUT2D eigenvalue weighted by atomic mass is 9.86. The van der Waals surface area contributed by atoms with Crippen molar-refractivity contribution < 1.29 is 19.4 Å². The molecule has 1 aliphatic heterocycles. The van der Waals surface area contributed by atoms with E-state index >= 15 is 0 Å². The highest BCUT2D eigenvalue weighted by molar-refractivity contribution is 5.78. The maximum atomic E-state index is 12.4. The second-order valence-electron chi connectivity index (χ2n) is 6.64. The highest BCUT2D eigenvalue weighted by Gasteiger charge is 2.36. The second-order valence-corrected chi connectivity index (χ2v) is 6.64. The molecule has 3 rings (SSSR count). The van der Waals surface area contributed by atoms with Crippen molar-refractivity contribution in [3.05, 3.63) is 48.3 Å². The predicted molar refractivity (Wildman–Crippen MR) is 95.1 cm³/mol. The van der Waals surface area contributed by atoms with Gasteiger partial charge in [-0.05, 0) is 37.0 Å². The molecule has 0 saturated carbocycles. The summed E-state index contributed by atoms with van der Waals surface area (Å²) in [4.78, 5) is 23.5. The van der Waals surface area contributed by atoms with E-state index in [-0.39, 0.29) is 12.3 Å². The summed E-state index contributed by atoms with van der Waals surface area (Å²) in [5, 5.41) is 16.4. The number of para-hydroxylation sites is 1. The summed E-state index contributed by atoms with van der Waals surface area (Å²) in [6.45, 7) is 0.939. The third-order valence-corrected chi connectivity index (χ3v) is 4.64. The summed E-state index contributed by atoms with van der Waals surface area (Å²) in [6, 6.07) is 9.76. The third kappa shape index (κ3) is 4.70. The first-order valence-electron chi connectivity index (χ1n) is 8.76. The van der Waals surface area contributed by atoms with Crippen molar-refractivity contribution in [3.8, 4) is 5.69 Å². The molecule has 0 bridgehead atoms. The van der Waals surface area contributed by atoms with Crippen LogP contribution in [0, 0.1) is 0 Å². The number of carboxylic acids is 1. The fourth-order valence-electron chi connectivity index (χ4n) is 3.22. The first-order valence-corrected chi connectivity index (χ1v) is 8.76. The number of rotatable bonds is 7. The van der Waals surface area contributed by atoms with Crippen molar-refractivity contribution in [3.63, 3.8) is 0 Å². The number of nitrogens with one attached hydrogen (secondary N) is 1. The molecule has 26 heavy (non-hydrogen) atoms. The number of aromatic nitrogens is 2. The average molecular weight is 357 g/mol. The molecule has 2 heterocycles. The number of nitrogens with zero attached hydrogens (tertiary/aromatic N) is 2. The molecule has 0 atom stereocenters. The molecule has 1 aromatic carbocycles. The van der Waals surface area contributed by atoms with E-state index < -0.39 is 11.5 Å². The zero-order valence-electron chi connectivity index (χ0n) is 14.6.